The smallest absolute Gasteiger partial charge is 0.219 e. The van der Waals surface area contributed by atoms with Gasteiger partial charge in [0.15, 0.2) is 0 Å². The molecule has 0 bridgehead atoms. The van der Waals surface area contributed by atoms with Gasteiger partial charge in [-0.2, -0.15) is 0 Å². The normalized spacial score (nSPS) is 12.0. The predicted octanol–water partition coefficient (Wildman–Crippen LogP) is 3.92. The molecule has 21 heavy (non-hydrogen) atoms. The fraction of sp³-hybridized carbons (Fsp3) is 0.312. The van der Waals surface area contributed by atoms with E-state index < -0.39 is 0 Å². The van der Waals surface area contributed by atoms with Gasteiger partial charge in [-0.1, -0.05) is 13.0 Å². The second kappa shape index (κ2) is 7.43. The van der Waals surface area contributed by atoms with Crippen molar-refractivity contribution in [2.75, 3.05) is 7.11 Å². The van der Waals surface area contributed by atoms with E-state index in [4.69, 9.17) is 15.2 Å². The standard InChI is InChI=1S/C16H19BrN2O2/c1-3-12(18)8-11-4-7-16(19-10-11)21-15-6-5-13(20-2)9-14(15)17/h4-7,9-10,12H,3,8,18H2,1-2H3. The minimum absolute atomic E-state index is 0.175. The molecule has 0 amide bonds. The Labute approximate surface area is 133 Å². The van der Waals surface area contributed by atoms with E-state index >= 15 is 0 Å². The molecular formula is C16H19BrN2O2. The van der Waals surface area contributed by atoms with Crippen molar-refractivity contribution in [3.63, 3.8) is 0 Å². The molecule has 1 heterocycles. The van der Waals surface area contributed by atoms with Gasteiger partial charge in [0, 0.05) is 18.3 Å². The Bertz CT molecular complexity index is 587. The number of ether oxygens (including phenoxy) is 2. The Morgan fingerprint density at radius 3 is 2.67 bits per heavy atom. The lowest BCUT2D eigenvalue weighted by atomic mass is 10.1. The molecule has 0 aliphatic heterocycles. The van der Waals surface area contributed by atoms with Gasteiger partial charge in [0.1, 0.15) is 11.5 Å². The quantitative estimate of drug-likeness (QED) is 0.857. The first-order valence-electron chi connectivity index (χ1n) is 6.84. The Morgan fingerprint density at radius 1 is 1.29 bits per heavy atom. The van der Waals surface area contributed by atoms with Crippen molar-refractivity contribution in [3.05, 3.63) is 46.6 Å². The van der Waals surface area contributed by atoms with Gasteiger partial charge >= 0.3 is 0 Å². The Morgan fingerprint density at radius 2 is 2.10 bits per heavy atom. The van der Waals surface area contributed by atoms with Crippen LogP contribution in [0.25, 0.3) is 0 Å². The number of rotatable bonds is 6. The van der Waals surface area contributed by atoms with E-state index in [9.17, 15) is 0 Å². The molecule has 0 saturated heterocycles. The van der Waals surface area contributed by atoms with Crippen molar-refractivity contribution in [2.24, 2.45) is 5.73 Å². The highest BCUT2D eigenvalue weighted by atomic mass is 79.9. The lowest BCUT2D eigenvalue weighted by Gasteiger charge is -2.10. The molecular weight excluding hydrogens is 332 g/mol. The predicted molar refractivity (Wildman–Crippen MR) is 87.0 cm³/mol. The van der Waals surface area contributed by atoms with E-state index in [1.807, 2.05) is 36.5 Å². The fourth-order valence-corrected chi connectivity index (χ4v) is 2.28. The van der Waals surface area contributed by atoms with Crippen LogP contribution >= 0.6 is 15.9 Å². The van der Waals surface area contributed by atoms with Crippen molar-refractivity contribution >= 4 is 15.9 Å². The van der Waals surface area contributed by atoms with Crippen LogP contribution in [0.1, 0.15) is 18.9 Å². The number of hydrogen-bond acceptors (Lipinski definition) is 4. The summed E-state index contributed by atoms with van der Waals surface area (Å²) in [4.78, 5) is 4.32. The van der Waals surface area contributed by atoms with Crippen LogP contribution in [-0.4, -0.2) is 18.1 Å². The molecule has 0 spiro atoms. The number of halogens is 1. The minimum Gasteiger partial charge on any atom is -0.497 e. The molecule has 0 saturated carbocycles. The first-order chi connectivity index (χ1) is 10.1. The molecule has 2 rings (SSSR count). The van der Waals surface area contributed by atoms with Crippen LogP contribution in [0.3, 0.4) is 0 Å². The third-order valence-corrected chi connectivity index (χ3v) is 3.79. The molecule has 0 fully saturated rings. The fourth-order valence-electron chi connectivity index (χ4n) is 1.84. The number of hydrogen-bond donors (Lipinski definition) is 1. The van der Waals surface area contributed by atoms with Gasteiger partial charge in [-0.3, -0.25) is 0 Å². The number of nitrogens with zero attached hydrogens (tertiary/aromatic N) is 1. The van der Waals surface area contributed by atoms with E-state index in [0.717, 1.165) is 28.6 Å². The van der Waals surface area contributed by atoms with Gasteiger partial charge in [0.2, 0.25) is 5.88 Å². The first-order valence-corrected chi connectivity index (χ1v) is 7.63. The molecule has 0 aliphatic carbocycles. The summed E-state index contributed by atoms with van der Waals surface area (Å²) in [5.74, 6) is 2.02. The van der Waals surface area contributed by atoms with Gasteiger partial charge in [-0.15, -0.1) is 0 Å². The minimum atomic E-state index is 0.175. The molecule has 4 nitrogen and oxygen atoms in total. The van der Waals surface area contributed by atoms with Crippen molar-refractivity contribution in [2.45, 2.75) is 25.8 Å². The van der Waals surface area contributed by atoms with Crippen molar-refractivity contribution < 1.29 is 9.47 Å². The largest absolute Gasteiger partial charge is 0.497 e. The lowest BCUT2D eigenvalue weighted by molar-refractivity contribution is 0.411. The van der Waals surface area contributed by atoms with Gasteiger partial charge in [-0.25, -0.2) is 4.98 Å². The monoisotopic (exact) mass is 350 g/mol. The summed E-state index contributed by atoms with van der Waals surface area (Å²) in [5.41, 5.74) is 7.05. The zero-order chi connectivity index (χ0) is 15.2. The van der Waals surface area contributed by atoms with Crippen LogP contribution in [0.5, 0.6) is 17.4 Å². The maximum Gasteiger partial charge on any atom is 0.219 e. The summed E-state index contributed by atoms with van der Waals surface area (Å²) < 4.78 is 11.7. The van der Waals surface area contributed by atoms with E-state index in [2.05, 4.69) is 27.8 Å². The molecule has 5 heteroatoms. The number of nitrogens with two attached hydrogens (primary N) is 1. The SMILES string of the molecule is CCC(N)Cc1ccc(Oc2ccc(OC)cc2Br)nc1. The third-order valence-electron chi connectivity index (χ3n) is 3.17. The van der Waals surface area contributed by atoms with Crippen LogP contribution in [0.15, 0.2) is 41.0 Å². The summed E-state index contributed by atoms with van der Waals surface area (Å²) in [7, 11) is 1.63. The maximum atomic E-state index is 5.94. The van der Waals surface area contributed by atoms with Crippen LogP contribution < -0.4 is 15.2 Å². The highest BCUT2D eigenvalue weighted by Gasteiger charge is 2.06. The highest BCUT2D eigenvalue weighted by molar-refractivity contribution is 9.10. The first kappa shape index (κ1) is 15.8. The topological polar surface area (TPSA) is 57.4 Å². The molecule has 1 aromatic heterocycles. The second-order valence-electron chi connectivity index (χ2n) is 4.78. The number of aromatic nitrogens is 1. The van der Waals surface area contributed by atoms with E-state index in [0.29, 0.717) is 11.6 Å². The summed E-state index contributed by atoms with van der Waals surface area (Å²) in [6.07, 6.45) is 3.59. The van der Waals surface area contributed by atoms with E-state index in [1.54, 1.807) is 7.11 Å². The Hall–Kier alpha value is -1.59. The van der Waals surface area contributed by atoms with Gasteiger partial charge < -0.3 is 15.2 Å². The summed E-state index contributed by atoms with van der Waals surface area (Å²) >= 11 is 3.45. The zero-order valence-corrected chi connectivity index (χ0v) is 13.8. The number of methoxy groups -OCH3 is 1. The molecule has 112 valence electrons. The van der Waals surface area contributed by atoms with Crippen molar-refractivity contribution in [1.82, 2.24) is 4.98 Å². The van der Waals surface area contributed by atoms with Gasteiger partial charge in [0.05, 0.1) is 11.6 Å². The Balaban J connectivity index is 2.06. The molecule has 2 N–H and O–H groups in total. The average molecular weight is 351 g/mol. The molecule has 1 atom stereocenters. The maximum absolute atomic E-state index is 5.94. The molecule has 0 aliphatic rings. The van der Waals surface area contributed by atoms with Crippen LogP contribution in [0.2, 0.25) is 0 Å². The lowest BCUT2D eigenvalue weighted by Crippen LogP contribution is -2.21. The summed E-state index contributed by atoms with van der Waals surface area (Å²) in [6, 6.07) is 9.56. The van der Waals surface area contributed by atoms with Crippen LogP contribution in [0, 0.1) is 0 Å². The second-order valence-corrected chi connectivity index (χ2v) is 5.63. The van der Waals surface area contributed by atoms with Crippen LogP contribution in [0.4, 0.5) is 0 Å². The van der Waals surface area contributed by atoms with E-state index in [1.165, 1.54) is 0 Å². The zero-order valence-electron chi connectivity index (χ0n) is 12.2. The van der Waals surface area contributed by atoms with Crippen molar-refractivity contribution in [1.29, 1.82) is 0 Å². The molecule has 0 radical (unpaired) electrons. The summed E-state index contributed by atoms with van der Waals surface area (Å²) in [6.45, 7) is 2.08. The van der Waals surface area contributed by atoms with Gasteiger partial charge in [-0.05, 0) is 52.5 Å². The number of benzene rings is 1. The molecule has 1 aromatic carbocycles. The highest BCUT2D eigenvalue weighted by Crippen LogP contribution is 2.32. The Kier molecular flexibility index (Phi) is 5.59. The number of pyridine rings is 1. The molecule has 2 aromatic rings. The van der Waals surface area contributed by atoms with Crippen molar-refractivity contribution in [3.8, 4) is 17.4 Å². The third kappa shape index (κ3) is 4.44. The van der Waals surface area contributed by atoms with Gasteiger partial charge in [0.25, 0.3) is 0 Å². The average Bonchev–Trinajstić information content (AvgIpc) is 2.51. The molecule has 1 unspecified atom stereocenters. The van der Waals surface area contributed by atoms with E-state index in [-0.39, 0.29) is 6.04 Å². The summed E-state index contributed by atoms with van der Waals surface area (Å²) in [5, 5.41) is 0. The van der Waals surface area contributed by atoms with Crippen LogP contribution in [-0.2, 0) is 6.42 Å².